The van der Waals surface area contributed by atoms with Gasteiger partial charge in [-0.25, -0.2) is 9.78 Å². The number of likely N-dealkylation sites (tertiary alicyclic amines) is 1. The third-order valence-corrected chi connectivity index (χ3v) is 5.04. The van der Waals surface area contributed by atoms with Gasteiger partial charge < -0.3 is 14.7 Å². The molecule has 7 nitrogen and oxygen atoms in total. The van der Waals surface area contributed by atoms with Gasteiger partial charge in [-0.05, 0) is 32.6 Å². The molecule has 0 atom stereocenters. The van der Waals surface area contributed by atoms with E-state index in [0.717, 1.165) is 37.2 Å². The molecule has 0 aromatic carbocycles. The molecular weight excluding hydrogens is 306 g/mol. The van der Waals surface area contributed by atoms with Crippen LogP contribution in [0.25, 0.3) is 0 Å². The fourth-order valence-electron chi connectivity index (χ4n) is 3.56. The lowest BCUT2D eigenvalue weighted by Gasteiger charge is -2.38. The second kappa shape index (κ2) is 7.23. The van der Waals surface area contributed by atoms with Crippen LogP contribution in [-0.4, -0.2) is 65.1 Å². The van der Waals surface area contributed by atoms with Crippen molar-refractivity contribution >= 4 is 12.0 Å². The molecular formula is C17H27N5O2. The number of nitrogens with one attached hydrogen (secondary N) is 1. The monoisotopic (exact) mass is 333 g/mol. The summed E-state index contributed by atoms with van der Waals surface area (Å²) in [6, 6.07) is 0.160. The summed E-state index contributed by atoms with van der Waals surface area (Å²) >= 11 is 0. The number of hydrogen-bond donors (Lipinski definition) is 1. The van der Waals surface area contributed by atoms with Gasteiger partial charge in [-0.2, -0.15) is 0 Å². The van der Waals surface area contributed by atoms with Crippen LogP contribution >= 0.6 is 0 Å². The first-order chi connectivity index (χ1) is 11.6. The number of aromatic nitrogens is 2. The molecule has 2 amide bonds. The first-order valence-corrected chi connectivity index (χ1v) is 8.98. The number of carbonyl (C=O) groups excluding carboxylic acids is 1. The fraction of sp³-hybridized carbons (Fsp3) is 0.706. The molecule has 24 heavy (non-hydrogen) atoms. The van der Waals surface area contributed by atoms with E-state index in [4.69, 9.17) is 0 Å². The highest BCUT2D eigenvalue weighted by Crippen LogP contribution is 2.15. The Morgan fingerprint density at radius 3 is 2.25 bits per heavy atom. The maximum atomic E-state index is 12.5. The van der Waals surface area contributed by atoms with Crippen LogP contribution in [-0.2, 0) is 6.42 Å². The van der Waals surface area contributed by atoms with E-state index in [0.29, 0.717) is 38.5 Å². The van der Waals surface area contributed by atoms with Crippen molar-refractivity contribution in [1.82, 2.24) is 19.8 Å². The van der Waals surface area contributed by atoms with Gasteiger partial charge in [0.05, 0.1) is 0 Å². The first kappa shape index (κ1) is 16.8. The van der Waals surface area contributed by atoms with Gasteiger partial charge in [0, 0.05) is 50.5 Å². The lowest BCUT2D eigenvalue weighted by molar-refractivity contribution is 0.141. The Morgan fingerprint density at radius 2 is 1.67 bits per heavy atom. The van der Waals surface area contributed by atoms with E-state index < -0.39 is 0 Å². The zero-order chi connectivity index (χ0) is 17.1. The minimum Gasteiger partial charge on any atom is -0.339 e. The van der Waals surface area contributed by atoms with Gasteiger partial charge in [0.2, 0.25) is 5.95 Å². The number of anilines is 1. The normalized spacial score (nSPS) is 18.8. The highest BCUT2D eigenvalue weighted by Gasteiger charge is 2.27. The van der Waals surface area contributed by atoms with Crippen LogP contribution in [0.2, 0.25) is 0 Å². The molecule has 3 rings (SSSR count). The van der Waals surface area contributed by atoms with E-state index in [-0.39, 0.29) is 11.6 Å². The molecule has 2 aliphatic heterocycles. The van der Waals surface area contributed by atoms with Crippen molar-refractivity contribution in [1.29, 1.82) is 0 Å². The SMILES string of the molecule is CCc1c(C)nc(N2CCN(C(=O)N3CCCCC3)CC2)[nH]c1=O. The summed E-state index contributed by atoms with van der Waals surface area (Å²) in [5.74, 6) is 0.625. The molecule has 0 spiro atoms. The summed E-state index contributed by atoms with van der Waals surface area (Å²) in [4.78, 5) is 38.1. The second-order valence-corrected chi connectivity index (χ2v) is 6.61. The van der Waals surface area contributed by atoms with Gasteiger partial charge in [-0.3, -0.25) is 9.78 Å². The zero-order valence-corrected chi connectivity index (χ0v) is 14.7. The smallest absolute Gasteiger partial charge is 0.320 e. The molecule has 2 aliphatic rings. The van der Waals surface area contributed by atoms with E-state index in [2.05, 4.69) is 14.9 Å². The standard InChI is InChI=1S/C17H27N5O2/c1-3-14-13(2)18-16(19-15(14)23)20-9-11-22(12-10-20)17(24)21-7-5-4-6-8-21/h3-12H2,1-2H3,(H,18,19,23). The molecule has 1 aromatic rings. The summed E-state index contributed by atoms with van der Waals surface area (Å²) in [5.41, 5.74) is 1.49. The summed E-state index contributed by atoms with van der Waals surface area (Å²) in [7, 11) is 0. The van der Waals surface area contributed by atoms with Gasteiger partial charge in [0.25, 0.3) is 5.56 Å². The van der Waals surface area contributed by atoms with Crippen LogP contribution in [0, 0.1) is 6.92 Å². The van der Waals surface area contributed by atoms with Gasteiger partial charge in [0.1, 0.15) is 0 Å². The van der Waals surface area contributed by atoms with Crippen molar-refractivity contribution in [3.05, 3.63) is 21.6 Å². The molecule has 2 fully saturated rings. The molecule has 1 N–H and O–H groups in total. The number of rotatable bonds is 2. The van der Waals surface area contributed by atoms with E-state index in [1.165, 1.54) is 6.42 Å². The third-order valence-electron chi connectivity index (χ3n) is 5.04. The number of piperazine rings is 1. The number of aromatic amines is 1. The Labute approximate surface area is 142 Å². The lowest BCUT2D eigenvalue weighted by atomic mass is 10.1. The van der Waals surface area contributed by atoms with Crippen molar-refractivity contribution in [2.45, 2.75) is 39.5 Å². The van der Waals surface area contributed by atoms with Crippen molar-refractivity contribution < 1.29 is 4.79 Å². The van der Waals surface area contributed by atoms with E-state index in [9.17, 15) is 9.59 Å². The van der Waals surface area contributed by atoms with Crippen LogP contribution in [0.1, 0.15) is 37.4 Å². The molecule has 0 bridgehead atoms. The van der Waals surface area contributed by atoms with Crippen LogP contribution in [0.4, 0.5) is 10.7 Å². The molecule has 0 radical (unpaired) electrons. The summed E-state index contributed by atoms with van der Waals surface area (Å²) in [6.07, 6.45) is 4.14. The summed E-state index contributed by atoms with van der Waals surface area (Å²) < 4.78 is 0. The predicted octanol–water partition coefficient (Wildman–Crippen LogP) is 1.37. The van der Waals surface area contributed by atoms with Crippen LogP contribution in [0.15, 0.2) is 4.79 Å². The van der Waals surface area contributed by atoms with E-state index in [1.807, 2.05) is 23.6 Å². The molecule has 7 heteroatoms. The van der Waals surface area contributed by atoms with Crippen LogP contribution in [0.5, 0.6) is 0 Å². The summed E-state index contributed by atoms with van der Waals surface area (Å²) in [6.45, 7) is 8.36. The number of amides is 2. The molecule has 3 heterocycles. The van der Waals surface area contributed by atoms with E-state index in [1.54, 1.807) is 0 Å². The quantitative estimate of drug-likeness (QED) is 0.887. The van der Waals surface area contributed by atoms with Gasteiger partial charge in [0.15, 0.2) is 0 Å². The Morgan fingerprint density at radius 1 is 1.04 bits per heavy atom. The zero-order valence-electron chi connectivity index (χ0n) is 14.7. The lowest BCUT2D eigenvalue weighted by Crippen LogP contribution is -2.54. The molecule has 0 saturated carbocycles. The Balaban J connectivity index is 1.62. The Bertz CT molecular complexity index is 643. The highest BCUT2D eigenvalue weighted by atomic mass is 16.2. The number of aryl methyl sites for hydroxylation is 1. The molecule has 2 saturated heterocycles. The number of hydrogen-bond acceptors (Lipinski definition) is 4. The van der Waals surface area contributed by atoms with Crippen molar-refractivity contribution in [2.75, 3.05) is 44.2 Å². The average molecular weight is 333 g/mol. The maximum absolute atomic E-state index is 12.5. The number of carbonyl (C=O) groups is 1. The Hall–Kier alpha value is -2.05. The average Bonchev–Trinajstić information content (AvgIpc) is 2.62. The maximum Gasteiger partial charge on any atom is 0.320 e. The number of H-pyrrole nitrogens is 1. The number of nitrogens with zero attached hydrogens (tertiary/aromatic N) is 4. The largest absolute Gasteiger partial charge is 0.339 e. The minimum absolute atomic E-state index is 0.0492. The van der Waals surface area contributed by atoms with Gasteiger partial charge >= 0.3 is 6.03 Å². The van der Waals surface area contributed by atoms with E-state index >= 15 is 0 Å². The van der Waals surface area contributed by atoms with Gasteiger partial charge in [-0.1, -0.05) is 6.92 Å². The van der Waals surface area contributed by atoms with Crippen LogP contribution < -0.4 is 10.5 Å². The fourth-order valence-corrected chi connectivity index (χ4v) is 3.56. The van der Waals surface area contributed by atoms with Gasteiger partial charge in [-0.15, -0.1) is 0 Å². The second-order valence-electron chi connectivity index (χ2n) is 6.61. The first-order valence-electron chi connectivity index (χ1n) is 8.98. The molecule has 0 unspecified atom stereocenters. The van der Waals surface area contributed by atoms with Crippen molar-refractivity contribution in [3.63, 3.8) is 0 Å². The topological polar surface area (TPSA) is 72.5 Å². The van der Waals surface area contributed by atoms with Crippen molar-refractivity contribution in [2.24, 2.45) is 0 Å². The Kier molecular flexibility index (Phi) is 5.06. The predicted molar refractivity (Wildman–Crippen MR) is 93.6 cm³/mol. The molecule has 0 aliphatic carbocycles. The number of piperidine rings is 1. The number of urea groups is 1. The molecule has 1 aromatic heterocycles. The molecule has 132 valence electrons. The minimum atomic E-state index is -0.0492. The van der Waals surface area contributed by atoms with Crippen molar-refractivity contribution in [3.8, 4) is 0 Å². The third kappa shape index (κ3) is 3.39. The highest BCUT2D eigenvalue weighted by molar-refractivity contribution is 5.74. The summed E-state index contributed by atoms with van der Waals surface area (Å²) in [5, 5.41) is 0. The van der Waals surface area contributed by atoms with Crippen LogP contribution in [0.3, 0.4) is 0 Å².